The Balaban J connectivity index is 2.38. The van der Waals surface area contributed by atoms with Gasteiger partial charge < -0.3 is 4.74 Å². The molecule has 0 N–H and O–H groups in total. The fraction of sp³-hybridized carbons (Fsp3) is 0.133. The molecule has 0 saturated carbocycles. The lowest BCUT2D eigenvalue weighted by atomic mass is 10.1. The highest BCUT2D eigenvalue weighted by Crippen LogP contribution is 2.27. The van der Waals surface area contributed by atoms with Crippen LogP contribution < -0.4 is 4.74 Å². The zero-order valence-electron chi connectivity index (χ0n) is 11.2. The SMILES string of the molecule is Cc1ccc(C=O)cc1Oc1cccc(S(C)(=O)=O)c1. The van der Waals surface area contributed by atoms with Gasteiger partial charge in [-0.3, -0.25) is 4.79 Å². The van der Waals surface area contributed by atoms with Gasteiger partial charge in [0, 0.05) is 11.8 Å². The van der Waals surface area contributed by atoms with Crippen molar-refractivity contribution in [2.24, 2.45) is 0 Å². The summed E-state index contributed by atoms with van der Waals surface area (Å²) in [5.74, 6) is 0.944. The van der Waals surface area contributed by atoms with Crippen LogP contribution in [0.5, 0.6) is 11.5 Å². The predicted molar refractivity (Wildman–Crippen MR) is 76.2 cm³/mol. The van der Waals surface area contributed by atoms with Crippen LogP contribution in [-0.2, 0) is 9.84 Å². The highest BCUT2D eigenvalue weighted by Gasteiger charge is 2.09. The molecular weight excluding hydrogens is 276 g/mol. The molecule has 0 fully saturated rings. The molecule has 5 heteroatoms. The van der Waals surface area contributed by atoms with Crippen molar-refractivity contribution in [1.29, 1.82) is 0 Å². The normalized spacial score (nSPS) is 11.1. The van der Waals surface area contributed by atoms with Crippen LogP contribution in [0.3, 0.4) is 0 Å². The van der Waals surface area contributed by atoms with Gasteiger partial charge >= 0.3 is 0 Å². The number of hydrogen-bond acceptors (Lipinski definition) is 4. The number of aldehydes is 1. The van der Waals surface area contributed by atoms with Crippen LogP contribution in [0.1, 0.15) is 15.9 Å². The first-order chi connectivity index (χ1) is 9.40. The van der Waals surface area contributed by atoms with Crippen molar-refractivity contribution < 1.29 is 17.9 Å². The minimum atomic E-state index is -3.28. The van der Waals surface area contributed by atoms with Crippen LogP contribution >= 0.6 is 0 Å². The molecular formula is C15H14O4S. The summed E-state index contributed by atoms with van der Waals surface area (Å²) in [6.07, 6.45) is 1.88. The Morgan fingerprint density at radius 2 is 1.85 bits per heavy atom. The van der Waals surface area contributed by atoms with Gasteiger partial charge in [-0.1, -0.05) is 18.2 Å². The van der Waals surface area contributed by atoms with Crippen LogP contribution in [0.4, 0.5) is 0 Å². The average molecular weight is 290 g/mol. The summed E-state index contributed by atoms with van der Waals surface area (Å²) >= 11 is 0. The van der Waals surface area contributed by atoms with E-state index in [4.69, 9.17) is 4.74 Å². The van der Waals surface area contributed by atoms with Gasteiger partial charge in [-0.25, -0.2) is 8.42 Å². The summed E-state index contributed by atoms with van der Waals surface area (Å²) in [6.45, 7) is 1.85. The van der Waals surface area contributed by atoms with Crippen molar-refractivity contribution in [3.8, 4) is 11.5 Å². The Morgan fingerprint density at radius 3 is 2.50 bits per heavy atom. The molecule has 0 atom stereocenters. The molecule has 0 aliphatic carbocycles. The van der Waals surface area contributed by atoms with Crippen molar-refractivity contribution in [2.45, 2.75) is 11.8 Å². The van der Waals surface area contributed by atoms with Crippen molar-refractivity contribution in [1.82, 2.24) is 0 Å². The fourth-order valence-electron chi connectivity index (χ4n) is 1.70. The number of benzene rings is 2. The maximum absolute atomic E-state index is 11.5. The van der Waals surface area contributed by atoms with Gasteiger partial charge in [0.2, 0.25) is 0 Å². The summed E-state index contributed by atoms with van der Waals surface area (Å²) in [5.41, 5.74) is 1.37. The molecule has 0 bridgehead atoms. The highest BCUT2D eigenvalue weighted by molar-refractivity contribution is 7.90. The number of hydrogen-bond donors (Lipinski definition) is 0. The topological polar surface area (TPSA) is 60.4 Å². The number of carbonyl (C=O) groups is 1. The summed E-state index contributed by atoms with van der Waals surface area (Å²) < 4.78 is 28.7. The van der Waals surface area contributed by atoms with E-state index in [1.165, 1.54) is 12.1 Å². The van der Waals surface area contributed by atoms with Crippen molar-refractivity contribution in [3.63, 3.8) is 0 Å². The number of sulfone groups is 1. The third-order valence-corrected chi connectivity index (χ3v) is 3.92. The molecule has 0 aromatic heterocycles. The number of aryl methyl sites for hydroxylation is 1. The van der Waals surface area contributed by atoms with E-state index in [2.05, 4.69) is 0 Å². The standard InChI is InChI=1S/C15H14O4S/c1-11-6-7-12(10-16)8-15(11)19-13-4-3-5-14(9-13)20(2,17)18/h3-10H,1-2H3. The molecule has 0 heterocycles. The van der Waals surface area contributed by atoms with Crippen LogP contribution in [0, 0.1) is 6.92 Å². The first-order valence-electron chi connectivity index (χ1n) is 5.94. The third kappa shape index (κ3) is 3.24. The zero-order valence-corrected chi connectivity index (χ0v) is 12.0. The lowest BCUT2D eigenvalue weighted by molar-refractivity contribution is 0.112. The highest BCUT2D eigenvalue weighted by atomic mass is 32.2. The number of rotatable bonds is 4. The fourth-order valence-corrected chi connectivity index (χ4v) is 2.35. The minimum Gasteiger partial charge on any atom is -0.457 e. The maximum Gasteiger partial charge on any atom is 0.175 e. The molecule has 2 rings (SSSR count). The lowest BCUT2D eigenvalue weighted by Crippen LogP contribution is -1.97. The van der Waals surface area contributed by atoms with E-state index < -0.39 is 9.84 Å². The largest absolute Gasteiger partial charge is 0.457 e. The first kappa shape index (κ1) is 14.3. The van der Waals surface area contributed by atoms with Crippen molar-refractivity contribution in [3.05, 3.63) is 53.6 Å². The maximum atomic E-state index is 11.5. The molecule has 2 aromatic rings. The molecule has 2 aromatic carbocycles. The Labute approximate surface area is 117 Å². The van der Waals surface area contributed by atoms with E-state index in [1.807, 2.05) is 6.92 Å². The van der Waals surface area contributed by atoms with E-state index in [0.717, 1.165) is 18.1 Å². The van der Waals surface area contributed by atoms with Crippen LogP contribution in [0.2, 0.25) is 0 Å². The predicted octanol–water partition coefficient (Wildman–Crippen LogP) is 3.00. The summed E-state index contributed by atoms with van der Waals surface area (Å²) in [7, 11) is -3.28. The third-order valence-electron chi connectivity index (χ3n) is 2.81. The second-order valence-corrected chi connectivity index (χ2v) is 6.51. The molecule has 104 valence electrons. The van der Waals surface area contributed by atoms with Gasteiger partial charge in [-0.15, -0.1) is 0 Å². The van der Waals surface area contributed by atoms with Gasteiger partial charge in [-0.05, 0) is 36.8 Å². The molecule has 20 heavy (non-hydrogen) atoms. The molecule has 4 nitrogen and oxygen atoms in total. The minimum absolute atomic E-state index is 0.194. The number of ether oxygens (including phenoxy) is 1. The Hall–Kier alpha value is -2.14. The quantitative estimate of drug-likeness (QED) is 0.812. The van der Waals surface area contributed by atoms with Crippen LogP contribution in [-0.4, -0.2) is 21.0 Å². The van der Waals surface area contributed by atoms with E-state index >= 15 is 0 Å². The van der Waals surface area contributed by atoms with Gasteiger partial charge in [0.05, 0.1) is 4.90 Å². The molecule has 0 spiro atoms. The van der Waals surface area contributed by atoms with Crippen molar-refractivity contribution >= 4 is 16.1 Å². The lowest BCUT2D eigenvalue weighted by Gasteiger charge is -2.10. The zero-order chi connectivity index (χ0) is 14.8. The Morgan fingerprint density at radius 1 is 1.10 bits per heavy atom. The number of carbonyl (C=O) groups excluding carboxylic acids is 1. The molecule has 0 aliphatic heterocycles. The monoisotopic (exact) mass is 290 g/mol. The first-order valence-corrected chi connectivity index (χ1v) is 7.83. The van der Waals surface area contributed by atoms with Crippen LogP contribution in [0.15, 0.2) is 47.4 Å². The van der Waals surface area contributed by atoms with E-state index in [0.29, 0.717) is 17.1 Å². The Kier molecular flexibility index (Phi) is 3.90. The van der Waals surface area contributed by atoms with Gasteiger partial charge in [-0.2, -0.15) is 0 Å². The summed E-state index contributed by atoms with van der Waals surface area (Å²) in [6, 6.07) is 11.3. The molecule has 0 unspecified atom stereocenters. The second kappa shape index (κ2) is 5.46. The summed E-state index contributed by atoms with van der Waals surface area (Å²) in [4.78, 5) is 11.0. The second-order valence-electron chi connectivity index (χ2n) is 4.49. The van der Waals surface area contributed by atoms with E-state index in [-0.39, 0.29) is 4.90 Å². The van der Waals surface area contributed by atoms with Gasteiger partial charge in [0.25, 0.3) is 0 Å². The molecule has 0 saturated heterocycles. The van der Waals surface area contributed by atoms with Gasteiger partial charge in [0.15, 0.2) is 9.84 Å². The van der Waals surface area contributed by atoms with Crippen LogP contribution in [0.25, 0.3) is 0 Å². The molecule has 0 radical (unpaired) electrons. The van der Waals surface area contributed by atoms with E-state index in [1.54, 1.807) is 30.3 Å². The van der Waals surface area contributed by atoms with Crippen molar-refractivity contribution in [2.75, 3.05) is 6.26 Å². The van der Waals surface area contributed by atoms with Gasteiger partial charge in [0.1, 0.15) is 17.8 Å². The smallest absolute Gasteiger partial charge is 0.175 e. The molecule has 0 amide bonds. The Bertz CT molecular complexity index is 748. The van der Waals surface area contributed by atoms with E-state index in [9.17, 15) is 13.2 Å². The summed E-state index contributed by atoms with van der Waals surface area (Å²) in [5, 5.41) is 0. The molecule has 0 aliphatic rings. The average Bonchev–Trinajstić information content (AvgIpc) is 2.41.